The quantitative estimate of drug-likeness (QED) is 0.663. The van der Waals surface area contributed by atoms with Crippen LogP contribution in [0.25, 0.3) is 0 Å². The van der Waals surface area contributed by atoms with Crippen LogP contribution >= 0.6 is 0 Å². The van der Waals surface area contributed by atoms with E-state index in [1.165, 1.54) is 11.6 Å². The van der Waals surface area contributed by atoms with Crippen molar-refractivity contribution in [2.75, 3.05) is 38.1 Å². The molecule has 1 heterocycles. The highest BCUT2D eigenvalue weighted by Gasteiger charge is 2.24. The largest absolute Gasteiger partial charge is 0.371 e. The van der Waals surface area contributed by atoms with Crippen LogP contribution in [0, 0.1) is 17.6 Å². The molecule has 4 nitrogen and oxygen atoms in total. The molecular weight excluding hydrogens is 372 g/mol. The Hall–Kier alpha value is -2.63. The predicted octanol–water partition coefficient (Wildman–Crippen LogP) is 4.46. The number of nitrogens with zero attached hydrogens (tertiary/aromatic N) is 2. The highest BCUT2D eigenvalue weighted by molar-refractivity contribution is 5.73. The molecule has 1 aliphatic heterocycles. The van der Waals surface area contributed by atoms with Crippen molar-refractivity contribution < 1.29 is 13.6 Å². The van der Waals surface area contributed by atoms with Gasteiger partial charge in [0.2, 0.25) is 0 Å². The summed E-state index contributed by atoms with van der Waals surface area (Å²) in [6, 6.07) is 14.3. The van der Waals surface area contributed by atoms with Gasteiger partial charge in [-0.15, -0.1) is 0 Å². The van der Waals surface area contributed by atoms with E-state index in [1.807, 2.05) is 30.1 Å². The lowest BCUT2D eigenvalue weighted by Gasteiger charge is -2.21. The molecule has 1 saturated heterocycles. The fourth-order valence-corrected chi connectivity index (χ4v) is 3.71. The lowest BCUT2D eigenvalue weighted by molar-refractivity contribution is 0.206. The number of benzene rings is 2. The summed E-state index contributed by atoms with van der Waals surface area (Å²) < 4.78 is 26.5. The summed E-state index contributed by atoms with van der Waals surface area (Å²) in [6.45, 7) is 2.82. The standard InChI is InChI=1S/C23H29F2N3O/c1-27(13-6-5-9-18-7-3-2-4-8-18)23(29)26-16-19-12-14-28(17-19)20-10-11-21(24)22(25)15-20/h2-4,7-8,10-11,15,19H,5-6,9,12-14,16-17H2,1H3,(H,26,29). The van der Waals surface area contributed by atoms with Crippen molar-refractivity contribution >= 4 is 11.7 Å². The number of urea groups is 1. The number of rotatable bonds is 8. The fraction of sp³-hybridized carbons (Fsp3) is 0.435. The molecule has 2 amide bonds. The Bertz CT molecular complexity index is 800. The van der Waals surface area contributed by atoms with E-state index in [1.54, 1.807) is 11.0 Å². The zero-order chi connectivity index (χ0) is 20.6. The molecule has 156 valence electrons. The van der Waals surface area contributed by atoms with Crippen LogP contribution in [0.4, 0.5) is 19.3 Å². The Morgan fingerprint density at radius 2 is 1.93 bits per heavy atom. The number of anilines is 1. The molecule has 1 aliphatic rings. The number of amides is 2. The number of hydrogen-bond acceptors (Lipinski definition) is 2. The van der Waals surface area contributed by atoms with Crippen molar-refractivity contribution in [3.8, 4) is 0 Å². The topological polar surface area (TPSA) is 35.6 Å². The average Bonchev–Trinajstić information content (AvgIpc) is 3.21. The minimum Gasteiger partial charge on any atom is -0.371 e. The van der Waals surface area contributed by atoms with Crippen molar-refractivity contribution in [1.29, 1.82) is 0 Å². The van der Waals surface area contributed by atoms with E-state index in [0.717, 1.165) is 51.4 Å². The van der Waals surface area contributed by atoms with Gasteiger partial charge < -0.3 is 15.1 Å². The molecule has 0 aromatic heterocycles. The third-order valence-electron chi connectivity index (χ3n) is 5.49. The second-order valence-electron chi connectivity index (χ2n) is 7.75. The highest BCUT2D eigenvalue weighted by atomic mass is 19.2. The van der Waals surface area contributed by atoms with E-state index < -0.39 is 11.6 Å². The minimum atomic E-state index is -0.830. The van der Waals surface area contributed by atoms with Crippen molar-refractivity contribution in [2.24, 2.45) is 5.92 Å². The molecule has 0 bridgehead atoms. The third kappa shape index (κ3) is 6.17. The number of carbonyl (C=O) groups excluding carboxylic acids is 1. The van der Waals surface area contributed by atoms with Gasteiger partial charge in [-0.3, -0.25) is 0 Å². The number of hydrogen-bond donors (Lipinski definition) is 1. The lowest BCUT2D eigenvalue weighted by Crippen LogP contribution is -2.40. The number of unbranched alkanes of at least 4 members (excludes halogenated alkanes) is 1. The first kappa shape index (κ1) is 21.1. The number of aryl methyl sites for hydroxylation is 1. The maximum atomic E-state index is 13.4. The molecule has 3 rings (SSSR count). The highest BCUT2D eigenvalue weighted by Crippen LogP contribution is 2.25. The summed E-state index contributed by atoms with van der Waals surface area (Å²) in [7, 11) is 1.82. The van der Waals surface area contributed by atoms with Crippen molar-refractivity contribution in [2.45, 2.75) is 25.7 Å². The van der Waals surface area contributed by atoms with E-state index in [4.69, 9.17) is 0 Å². The van der Waals surface area contributed by atoms with Crippen LogP contribution in [0.15, 0.2) is 48.5 Å². The van der Waals surface area contributed by atoms with Gasteiger partial charge in [-0.25, -0.2) is 13.6 Å². The van der Waals surface area contributed by atoms with Gasteiger partial charge in [-0.2, -0.15) is 0 Å². The minimum absolute atomic E-state index is 0.0593. The van der Waals surface area contributed by atoms with Gasteiger partial charge in [0.1, 0.15) is 0 Å². The normalized spacial score (nSPS) is 16.1. The Balaban J connectivity index is 1.34. The second-order valence-corrected chi connectivity index (χ2v) is 7.75. The van der Waals surface area contributed by atoms with Gasteiger partial charge >= 0.3 is 6.03 Å². The van der Waals surface area contributed by atoms with Gasteiger partial charge in [-0.1, -0.05) is 30.3 Å². The number of carbonyl (C=O) groups is 1. The molecule has 2 aromatic carbocycles. The number of halogens is 2. The Morgan fingerprint density at radius 3 is 2.69 bits per heavy atom. The van der Waals surface area contributed by atoms with Crippen LogP contribution in [0.1, 0.15) is 24.8 Å². The fourth-order valence-electron chi connectivity index (χ4n) is 3.71. The van der Waals surface area contributed by atoms with Crippen LogP contribution in [0.5, 0.6) is 0 Å². The Labute approximate surface area is 171 Å². The molecule has 1 fully saturated rings. The van der Waals surface area contributed by atoms with Gasteiger partial charge in [0.15, 0.2) is 11.6 Å². The van der Waals surface area contributed by atoms with Gasteiger partial charge in [0.25, 0.3) is 0 Å². The summed E-state index contributed by atoms with van der Waals surface area (Å²) in [5, 5.41) is 3.00. The van der Waals surface area contributed by atoms with Crippen LogP contribution in [-0.4, -0.2) is 44.2 Å². The third-order valence-corrected chi connectivity index (χ3v) is 5.49. The molecule has 0 radical (unpaired) electrons. The molecule has 1 unspecified atom stereocenters. The van der Waals surface area contributed by atoms with Crippen LogP contribution < -0.4 is 10.2 Å². The zero-order valence-corrected chi connectivity index (χ0v) is 16.9. The molecule has 0 spiro atoms. The van der Waals surface area contributed by atoms with Crippen molar-refractivity contribution in [3.63, 3.8) is 0 Å². The summed E-state index contributed by atoms with van der Waals surface area (Å²) in [5.41, 5.74) is 2.01. The molecule has 0 aliphatic carbocycles. The molecule has 0 saturated carbocycles. The first-order valence-corrected chi connectivity index (χ1v) is 10.3. The average molecular weight is 402 g/mol. The van der Waals surface area contributed by atoms with E-state index in [-0.39, 0.29) is 6.03 Å². The van der Waals surface area contributed by atoms with E-state index in [0.29, 0.717) is 18.2 Å². The first-order chi connectivity index (χ1) is 14.0. The smallest absolute Gasteiger partial charge is 0.317 e. The summed E-state index contributed by atoms with van der Waals surface area (Å²) >= 11 is 0. The van der Waals surface area contributed by atoms with Crippen molar-refractivity contribution in [3.05, 3.63) is 65.7 Å². The summed E-state index contributed by atoms with van der Waals surface area (Å²) in [5.74, 6) is -1.35. The van der Waals surface area contributed by atoms with Crippen LogP contribution in [0.3, 0.4) is 0 Å². The van der Waals surface area contributed by atoms with Crippen molar-refractivity contribution in [1.82, 2.24) is 10.2 Å². The molecule has 2 aromatic rings. The van der Waals surface area contributed by atoms with Gasteiger partial charge in [0, 0.05) is 45.0 Å². The first-order valence-electron chi connectivity index (χ1n) is 10.3. The summed E-state index contributed by atoms with van der Waals surface area (Å²) in [6.07, 6.45) is 3.96. The van der Waals surface area contributed by atoms with E-state index in [2.05, 4.69) is 17.4 Å². The SMILES string of the molecule is CN(CCCCc1ccccc1)C(=O)NCC1CCN(c2ccc(F)c(F)c2)C1. The van der Waals surface area contributed by atoms with E-state index >= 15 is 0 Å². The van der Waals surface area contributed by atoms with E-state index in [9.17, 15) is 13.6 Å². The van der Waals surface area contributed by atoms with Gasteiger partial charge in [-0.05, 0) is 49.3 Å². The molecule has 6 heteroatoms. The zero-order valence-electron chi connectivity index (χ0n) is 16.9. The Kier molecular flexibility index (Phi) is 7.44. The molecule has 1 atom stereocenters. The number of nitrogens with one attached hydrogen (secondary N) is 1. The second kappa shape index (κ2) is 10.2. The lowest BCUT2D eigenvalue weighted by atomic mass is 10.1. The van der Waals surface area contributed by atoms with Crippen LogP contribution in [0.2, 0.25) is 0 Å². The molecule has 29 heavy (non-hydrogen) atoms. The maximum absolute atomic E-state index is 13.4. The Morgan fingerprint density at radius 1 is 1.14 bits per heavy atom. The molecule has 1 N–H and O–H groups in total. The predicted molar refractivity (Wildman–Crippen MR) is 112 cm³/mol. The maximum Gasteiger partial charge on any atom is 0.317 e. The monoisotopic (exact) mass is 401 g/mol. The van der Waals surface area contributed by atoms with Gasteiger partial charge in [0.05, 0.1) is 0 Å². The molecular formula is C23H29F2N3O. The van der Waals surface area contributed by atoms with Crippen LogP contribution in [-0.2, 0) is 6.42 Å². The summed E-state index contributed by atoms with van der Waals surface area (Å²) in [4.78, 5) is 16.1.